The molecule has 3 N–H and O–H groups in total. The fourth-order valence-electron chi connectivity index (χ4n) is 4.08. The maximum atomic E-state index is 11.1. The van der Waals surface area contributed by atoms with Crippen LogP contribution < -0.4 is 10.5 Å². The second-order valence-electron chi connectivity index (χ2n) is 7.74. The SMILES string of the molecule is C#Cc1ccc2c(-c3c(Oc4ccc(N)cc4)c(O)cc4cc(C#C)ccc34)cccc2c1. The Morgan fingerprint density at radius 2 is 1.39 bits per heavy atom. The van der Waals surface area contributed by atoms with E-state index in [-0.39, 0.29) is 5.75 Å². The fraction of sp³-hybridized carbons (Fsp3) is 0. The molecule has 0 fully saturated rings. The Bertz CT molecular complexity index is 1620. The van der Waals surface area contributed by atoms with Crippen LogP contribution in [0.4, 0.5) is 5.69 Å². The standard InChI is InChI=1S/C30H19NO2/c1-3-19-8-14-25-21(16-19)6-5-7-27(25)29-26-15-9-20(4-2)17-22(26)18-28(32)30(29)33-24-12-10-23(31)11-13-24/h1-2,5-18,32H,31H2. The van der Waals surface area contributed by atoms with Gasteiger partial charge < -0.3 is 15.6 Å². The van der Waals surface area contributed by atoms with Gasteiger partial charge in [0.25, 0.3) is 0 Å². The van der Waals surface area contributed by atoms with E-state index < -0.39 is 0 Å². The summed E-state index contributed by atoms with van der Waals surface area (Å²) >= 11 is 0. The minimum atomic E-state index is 0.0146. The molecular formula is C30H19NO2. The fourth-order valence-corrected chi connectivity index (χ4v) is 4.08. The summed E-state index contributed by atoms with van der Waals surface area (Å²) in [6, 6.07) is 26.3. The Labute approximate surface area is 192 Å². The van der Waals surface area contributed by atoms with Crippen molar-refractivity contribution in [3.05, 3.63) is 96.1 Å². The van der Waals surface area contributed by atoms with E-state index in [1.165, 1.54) is 0 Å². The Balaban J connectivity index is 1.84. The van der Waals surface area contributed by atoms with E-state index >= 15 is 0 Å². The van der Waals surface area contributed by atoms with Crippen molar-refractivity contribution in [1.82, 2.24) is 0 Å². The van der Waals surface area contributed by atoms with Gasteiger partial charge in [-0.1, -0.05) is 42.2 Å². The average Bonchev–Trinajstić information content (AvgIpc) is 2.84. The summed E-state index contributed by atoms with van der Waals surface area (Å²) in [5.74, 6) is 6.28. The number of rotatable bonds is 3. The lowest BCUT2D eigenvalue weighted by molar-refractivity contribution is 0.413. The van der Waals surface area contributed by atoms with Crippen LogP contribution in [0.5, 0.6) is 17.2 Å². The van der Waals surface area contributed by atoms with Crippen LogP contribution in [0.25, 0.3) is 32.7 Å². The first kappa shape index (κ1) is 20.1. The van der Waals surface area contributed by atoms with Gasteiger partial charge in [-0.25, -0.2) is 0 Å². The number of anilines is 1. The highest BCUT2D eigenvalue weighted by molar-refractivity contribution is 6.09. The van der Waals surface area contributed by atoms with Crippen LogP contribution in [0.1, 0.15) is 11.1 Å². The van der Waals surface area contributed by atoms with Crippen molar-refractivity contribution in [3.8, 4) is 53.1 Å². The lowest BCUT2D eigenvalue weighted by Gasteiger charge is -2.18. The first-order valence-corrected chi connectivity index (χ1v) is 10.4. The highest BCUT2D eigenvalue weighted by Gasteiger charge is 2.19. The summed E-state index contributed by atoms with van der Waals surface area (Å²) in [5.41, 5.74) is 9.67. The first-order chi connectivity index (χ1) is 16.1. The molecule has 0 aliphatic carbocycles. The summed E-state index contributed by atoms with van der Waals surface area (Å²) < 4.78 is 6.23. The van der Waals surface area contributed by atoms with Gasteiger partial charge in [-0.15, -0.1) is 12.8 Å². The second-order valence-corrected chi connectivity index (χ2v) is 7.74. The number of ether oxygens (including phenoxy) is 1. The average molecular weight is 425 g/mol. The maximum absolute atomic E-state index is 11.1. The number of terminal acetylenes is 2. The molecule has 0 saturated carbocycles. The Morgan fingerprint density at radius 3 is 2.09 bits per heavy atom. The monoisotopic (exact) mass is 425 g/mol. The van der Waals surface area contributed by atoms with Gasteiger partial charge in [-0.2, -0.15) is 0 Å². The number of hydrogen-bond donors (Lipinski definition) is 2. The molecule has 156 valence electrons. The van der Waals surface area contributed by atoms with Crippen LogP contribution in [-0.2, 0) is 0 Å². The summed E-state index contributed by atoms with van der Waals surface area (Å²) in [5, 5.41) is 14.8. The van der Waals surface area contributed by atoms with Crippen LogP contribution in [-0.4, -0.2) is 5.11 Å². The molecule has 5 aromatic carbocycles. The van der Waals surface area contributed by atoms with Gasteiger partial charge >= 0.3 is 0 Å². The van der Waals surface area contributed by atoms with Crippen molar-refractivity contribution in [3.63, 3.8) is 0 Å². The minimum absolute atomic E-state index is 0.0146. The van der Waals surface area contributed by atoms with Gasteiger partial charge in [0, 0.05) is 22.4 Å². The normalized spacial score (nSPS) is 10.6. The van der Waals surface area contributed by atoms with Crippen molar-refractivity contribution in [2.45, 2.75) is 0 Å². The molecule has 0 heterocycles. The summed E-state index contributed by atoms with van der Waals surface area (Å²) in [6.07, 6.45) is 11.2. The smallest absolute Gasteiger partial charge is 0.177 e. The molecule has 0 saturated heterocycles. The van der Waals surface area contributed by atoms with Crippen LogP contribution >= 0.6 is 0 Å². The van der Waals surface area contributed by atoms with Crippen LogP contribution in [0.3, 0.4) is 0 Å². The van der Waals surface area contributed by atoms with E-state index in [0.29, 0.717) is 17.2 Å². The number of benzene rings is 5. The third-order valence-electron chi connectivity index (χ3n) is 5.66. The Morgan fingerprint density at radius 1 is 0.727 bits per heavy atom. The molecule has 33 heavy (non-hydrogen) atoms. The summed E-state index contributed by atoms with van der Waals surface area (Å²) in [4.78, 5) is 0. The van der Waals surface area contributed by atoms with Crippen LogP contribution in [0, 0.1) is 24.7 Å². The molecular weight excluding hydrogens is 406 g/mol. The zero-order chi connectivity index (χ0) is 22.9. The molecule has 0 amide bonds. The Hall–Kier alpha value is -4.86. The molecule has 0 spiro atoms. The molecule has 0 aromatic heterocycles. The predicted molar refractivity (Wildman–Crippen MR) is 135 cm³/mol. The number of hydrogen-bond acceptors (Lipinski definition) is 3. The molecule has 0 bridgehead atoms. The van der Waals surface area contributed by atoms with Crippen LogP contribution in [0.2, 0.25) is 0 Å². The van der Waals surface area contributed by atoms with E-state index in [4.69, 9.17) is 23.3 Å². The van der Waals surface area contributed by atoms with E-state index in [2.05, 4.69) is 11.8 Å². The number of aromatic hydroxyl groups is 1. The summed E-state index contributed by atoms with van der Waals surface area (Å²) in [6.45, 7) is 0. The van der Waals surface area contributed by atoms with E-state index in [1.54, 1.807) is 30.3 Å². The number of phenols is 1. The largest absolute Gasteiger partial charge is 0.504 e. The van der Waals surface area contributed by atoms with Crippen molar-refractivity contribution in [2.75, 3.05) is 5.73 Å². The van der Waals surface area contributed by atoms with Crippen molar-refractivity contribution in [1.29, 1.82) is 0 Å². The van der Waals surface area contributed by atoms with Crippen LogP contribution in [0.15, 0.2) is 84.9 Å². The lowest BCUT2D eigenvalue weighted by Crippen LogP contribution is -1.93. The van der Waals surface area contributed by atoms with Gasteiger partial charge in [0.1, 0.15) is 5.75 Å². The molecule has 0 atom stereocenters. The zero-order valence-electron chi connectivity index (χ0n) is 17.7. The maximum Gasteiger partial charge on any atom is 0.177 e. The quantitative estimate of drug-likeness (QED) is 0.250. The third-order valence-corrected chi connectivity index (χ3v) is 5.66. The minimum Gasteiger partial charge on any atom is -0.504 e. The predicted octanol–water partition coefficient (Wildman–Crippen LogP) is 6.70. The first-order valence-electron chi connectivity index (χ1n) is 10.4. The van der Waals surface area contributed by atoms with Crippen molar-refractivity contribution >= 4 is 27.2 Å². The second kappa shape index (κ2) is 8.00. The zero-order valence-corrected chi connectivity index (χ0v) is 17.7. The number of nitrogens with two attached hydrogens (primary N) is 1. The topological polar surface area (TPSA) is 55.5 Å². The molecule has 5 aromatic rings. The van der Waals surface area contributed by atoms with Gasteiger partial charge in [0.05, 0.1) is 0 Å². The molecule has 5 rings (SSSR count). The van der Waals surface area contributed by atoms with Gasteiger partial charge in [0.15, 0.2) is 11.5 Å². The van der Waals surface area contributed by atoms with E-state index in [0.717, 1.165) is 43.8 Å². The highest BCUT2D eigenvalue weighted by atomic mass is 16.5. The van der Waals surface area contributed by atoms with Crippen molar-refractivity contribution in [2.24, 2.45) is 0 Å². The van der Waals surface area contributed by atoms with Gasteiger partial charge in [0.2, 0.25) is 0 Å². The third kappa shape index (κ3) is 3.59. The number of nitrogen functional groups attached to an aromatic ring is 1. The lowest BCUT2D eigenvalue weighted by atomic mass is 9.91. The Kier molecular flexibility index (Phi) is 4.87. The van der Waals surface area contributed by atoms with Gasteiger partial charge in [-0.3, -0.25) is 0 Å². The van der Waals surface area contributed by atoms with Crippen molar-refractivity contribution < 1.29 is 9.84 Å². The molecule has 0 radical (unpaired) electrons. The molecule has 0 unspecified atom stereocenters. The number of fused-ring (bicyclic) bond motifs is 2. The summed E-state index contributed by atoms with van der Waals surface area (Å²) in [7, 11) is 0. The van der Waals surface area contributed by atoms with E-state index in [1.807, 2.05) is 54.6 Å². The molecule has 3 nitrogen and oxygen atoms in total. The molecule has 0 aliphatic rings. The molecule has 0 aliphatic heterocycles. The highest BCUT2D eigenvalue weighted by Crippen LogP contribution is 2.47. The number of phenolic OH excluding ortho intramolecular Hbond substituents is 1. The van der Waals surface area contributed by atoms with E-state index in [9.17, 15) is 5.11 Å². The van der Waals surface area contributed by atoms with Gasteiger partial charge in [-0.05, 0) is 81.7 Å². The molecule has 3 heteroatoms.